The number of hydrogen-bond acceptors (Lipinski definition) is 2. The van der Waals surface area contributed by atoms with Crippen LogP contribution in [0.2, 0.25) is 5.02 Å². The Labute approximate surface area is 94.4 Å². The van der Waals surface area contributed by atoms with Crippen LogP contribution in [-0.4, -0.2) is 13.1 Å². The molecule has 4 N–H and O–H groups in total. The molecule has 0 bridgehead atoms. The smallest absolute Gasteiger partial charge is 0.128 e. The SMILES string of the molecule is CC(c1c(F)cccc1Cl)C(CN)CN. The van der Waals surface area contributed by atoms with Gasteiger partial charge in [0.15, 0.2) is 0 Å². The van der Waals surface area contributed by atoms with Crippen molar-refractivity contribution in [3.63, 3.8) is 0 Å². The Morgan fingerprint density at radius 2 is 1.93 bits per heavy atom. The third kappa shape index (κ3) is 2.68. The molecule has 2 nitrogen and oxygen atoms in total. The summed E-state index contributed by atoms with van der Waals surface area (Å²) < 4.78 is 13.6. The lowest BCUT2D eigenvalue weighted by Gasteiger charge is -2.22. The van der Waals surface area contributed by atoms with Crippen LogP contribution < -0.4 is 11.5 Å². The maximum absolute atomic E-state index is 13.6. The molecule has 84 valence electrons. The standard InChI is InChI=1S/C11H16ClFN2/c1-7(8(5-14)6-15)11-9(12)3-2-4-10(11)13/h2-4,7-8H,5-6,14-15H2,1H3. The zero-order chi connectivity index (χ0) is 11.4. The van der Waals surface area contributed by atoms with Crippen LogP contribution in [0.5, 0.6) is 0 Å². The van der Waals surface area contributed by atoms with Crippen LogP contribution in [0.15, 0.2) is 18.2 Å². The quantitative estimate of drug-likeness (QED) is 0.833. The maximum Gasteiger partial charge on any atom is 0.128 e. The van der Waals surface area contributed by atoms with E-state index in [2.05, 4.69) is 0 Å². The fourth-order valence-electron chi connectivity index (χ4n) is 1.69. The van der Waals surface area contributed by atoms with E-state index in [0.29, 0.717) is 23.7 Å². The molecule has 1 aromatic rings. The summed E-state index contributed by atoms with van der Waals surface area (Å²) in [6, 6.07) is 4.68. The largest absolute Gasteiger partial charge is 0.330 e. The van der Waals surface area contributed by atoms with E-state index in [1.54, 1.807) is 12.1 Å². The number of halogens is 2. The van der Waals surface area contributed by atoms with Crippen LogP contribution in [0, 0.1) is 11.7 Å². The van der Waals surface area contributed by atoms with Crippen molar-refractivity contribution in [1.82, 2.24) is 0 Å². The van der Waals surface area contributed by atoms with Gasteiger partial charge in [-0.3, -0.25) is 0 Å². The van der Waals surface area contributed by atoms with Crippen molar-refractivity contribution in [1.29, 1.82) is 0 Å². The van der Waals surface area contributed by atoms with Crippen LogP contribution in [0.4, 0.5) is 4.39 Å². The van der Waals surface area contributed by atoms with E-state index >= 15 is 0 Å². The van der Waals surface area contributed by atoms with E-state index < -0.39 is 0 Å². The molecule has 1 atom stereocenters. The minimum absolute atomic E-state index is 0.0550. The van der Waals surface area contributed by atoms with Crippen LogP contribution >= 0.6 is 11.6 Å². The molecule has 0 aromatic heterocycles. The monoisotopic (exact) mass is 230 g/mol. The summed E-state index contributed by atoms with van der Waals surface area (Å²) in [7, 11) is 0. The Bertz CT molecular complexity index is 306. The van der Waals surface area contributed by atoms with Gasteiger partial charge < -0.3 is 11.5 Å². The van der Waals surface area contributed by atoms with Gasteiger partial charge in [-0.2, -0.15) is 0 Å². The lowest BCUT2D eigenvalue weighted by atomic mass is 9.87. The molecular formula is C11H16ClFN2. The first kappa shape index (κ1) is 12.4. The lowest BCUT2D eigenvalue weighted by Crippen LogP contribution is -2.28. The van der Waals surface area contributed by atoms with Gasteiger partial charge in [-0.25, -0.2) is 4.39 Å². The predicted octanol–water partition coefficient (Wildman–Crippen LogP) is 2.12. The third-order valence-electron chi connectivity index (χ3n) is 2.77. The van der Waals surface area contributed by atoms with Gasteiger partial charge in [-0.15, -0.1) is 0 Å². The van der Waals surface area contributed by atoms with E-state index in [4.69, 9.17) is 23.1 Å². The van der Waals surface area contributed by atoms with Gasteiger partial charge in [-0.05, 0) is 37.1 Å². The average Bonchev–Trinajstić information content (AvgIpc) is 2.19. The molecule has 0 radical (unpaired) electrons. The molecule has 4 heteroatoms. The van der Waals surface area contributed by atoms with Crippen molar-refractivity contribution in [3.8, 4) is 0 Å². The molecule has 0 heterocycles. The Morgan fingerprint density at radius 3 is 2.40 bits per heavy atom. The molecule has 1 unspecified atom stereocenters. The van der Waals surface area contributed by atoms with Crippen molar-refractivity contribution in [2.75, 3.05) is 13.1 Å². The van der Waals surface area contributed by atoms with Crippen molar-refractivity contribution in [2.45, 2.75) is 12.8 Å². The first-order chi connectivity index (χ1) is 7.11. The van der Waals surface area contributed by atoms with E-state index in [0.717, 1.165) is 0 Å². The number of nitrogens with two attached hydrogens (primary N) is 2. The molecule has 15 heavy (non-hydrogen) atoms. The van der Waals surface area contributed by atoms with Crippen molar-refractivity contribution >= 4 is 11.6 Å². The van der Waals surface area contributed by atoms with Gasteiger partial charge in [-0.1, -0.05) is 24.6 Å². The molecule has 0 saturated carbocycles. The maximum atomic E-state index is 13.6. The molecule has 0 fully saturated rings. The van der Waals surface area contributed by atoms with E-state index in [-0.39, 0.29) is 17.7 Å². The second-order valence-electron chi connectivity index (χ2n) is 3.66. The predicted molar refractivity (Wildman–Crippen MR) is 61.4 cm³/mol. The molecule has 0 aliphatic carbocycles. The number of rotatable bonds is 4. The van der Waals surface area contributed by atoms with Crippen LogP contribution in [0.1, 0.15) is 18.4 Å². The van der Waals surface area contributed by atoms with Gasteiger partial charge in [0.25, 0.3) is 0 Å². The summed E-state index contributed by atoms with van der Waals surface area (Å²) in [6.45, 7) is 2.76. The first-order valence-electron chi connectivity index (χ1n) is 4.95. The van der Waals surface area contributed by atoms with Gasteiger partial charge in [0.1, 0.15) is 5.82 Å². The zero-order valence-corrected chi connectivity index (χ0v) is 9.47. The molecule has 0 saturated heterocycles. The highest BCUT2D eigenvalue weighted by molar-refractivity contribution is 6.31. The van der Waals surface area contributed by atoms with Crippen LogP contribution in [0.25, 0.3) is 0 Å². The second-order valence-corrected chi connectivity index (χ2v) is 4.06. The van der Waals surface area contributed by atoms with Gasteiger partial charge in [0.2, 0.25) is 0 Å². The molecular weight excluding hydrogens is 215 g/mol. The molecule has 0 spiro atoms. The molecule has 1 aromatic carbocycles. The Morgan fingerprint density at radius 1 is 1.33 bits per heavy atom. The first-order valence-corrected chi connectivity index (χ1v) is 5.33. The normalized spacial score (nSPS) is 13.2. The lowest BCUT2D eigenvalue weighted by molar-refractivity contribution is 0.449. The summed E-state index contributed by atoms with van der Waals surface area (Å²) >= 11 is 5.96. The number of benzene rings is 1. The summed E-state index contributed by atoms with van der Waals surface area (Å²) in [5, 5.41) is 0.439. The Hall–Kier alpha value is -0.640. The summed E-state index contributed by atoms with van der Waals surface area (Å²) in [4.78, 5) is 0. The highest BCUT2D eigenvalue weighted by Crippen LogP contribution is 2.31. The minimum Gasteiger partial charge on any atom is -0.330 e. The minimum atomic E-state index is -0.290. The Balaban J connectivity index is 3.04. The summed E-state index contributed by atoms with van der Waals surface area (Å²) in [5.74, 6) is -0.296. The highest BCUT2D eigenvalue weighted by Gasteiger charge is 2.21. The van der Waals surface area contributed by atoms with E-state index in [1.807, 2.05) is 6.92 Å². The fraction of sp³-hybridized carbons (Fsp3) is 0.455. The zero-order valence-electron chi connectivity index (χ0n) is 8.71. The van der Waals surface area contributed by atoms with E-state index in [9.17, 15) is 4.39 Å². The highest BCUT2D eigenvalue weighted by atomic mass is 35.5. The van der Waals surface area contributed by atoms with Crippen molar-refractivity contribution in [3.05, 3.63) is 34.6 Å². The van der Waals surface area contributed by atoms with Gasteiger partial charge in [0.05, 0.1) is 0 Å². The van der Waals surface area contributed by atoms with E-state index in [1.165, 1.54) is 6.07 Å². The van der Waals surface area contributed by atoms with Crippen LogP contribution in [-0.2, 0) is 0 Å². The van der Waals surface area contributed by atoms with Gasteiger partial charge >= 0.3 is 0 Å². The third-order valence-corrected chi connectivity index (χ3v) is 3.10. The topological polar surface area (TPSA) is 52.0 Å². The van der Waals surface area contributed by atoms with Gasteiger partial charge in [0, 0.05) is 10.6 Å². The van der Waals surface area contributed by atoms with Crippen LogP contribution in [0.3, 0.4) is 0 Å². The molecule has 0 aliphatic heterocycles. The molecule has 0 aliphatic rings. The summed E-state index contributed by atoms with van der Waals surface area (Å²) in [6.07, 6.45) is 0. The second kappa shape index (κ2) is 5.45. The molecule has 0 amide bonds. The number of hydrogen-bond donors (Lipinski definition) is 2. The van der Waals surface area contributed by atoms with Crippen molar-refractivity contribution < 1.29 is 4.39 Å². The average molecular weight is 231 g/mol. The Kier molecular flexibility index (Phi) is 4.51. The fourth-order valence-corrected chi connectivity index (χ4v) is 2.02. The molecule has 1 rings (SSSR count). The summed E-state index contributed by atoms with van der Waals surface area (Å²) in [5.41, 5.74) is 11.7. The van der Waals surface area contributed by atoms with Crippen molar-refractivity contribution in [2.24, 2.45) is 17.4 Å².